The van der Waals surface area contributed by atoms with Crippen LogP contribution in [0, 0.1) is 11.8 Å². The summed E-state index contributed by atoms with van der Waals surface area (Å²) in [5.41, 5.74) is 2.90. The van der Waals surface area contributed by atoms with Gasteiger partial charge in [0.05, 0.1) is 29.5 Å². The normalized spacial score (nSPS) is 28.3. The van der Waals surface area contributed by atoms with Crippen molar-refractivity contribution in [1.82, 2.24) is 24.3 Å². The molecule has 1 saturated heterocycles. The molecule has 0 aromatic carbocycles. The maximum absolute atomic E-state index is 13.3. The third-order valence-corrected chi connectivity index (χ3v) is 7.00. The van der Waals surface area contributed by atoms with Crippen LogP contribution < -0.4 is 0 Å². The van der Waals surface area contributed by atoms with Crippen molar-refractivity contribution >= 4 is 22.6 Å². The fourth-order valence-corrected chi connectivity index (χ4v) is 5.21. The number of likely N-dealkylation sites (tertiary alicyclic amines) is 1. The maximum Gasteiger partial charge on any atom is 0.225 e. The molecule has 1 aliphatic carbocycles. The van der Waals surface area contributed by atoms with Gasteiger partial charge in [0.1, 0.15) is 5.82 Å². The van der Waals surface area contributed by atoms with Crippen molar-refractivity contribution in [2.75, 3.05) is 20.2 Å². The number of rotatable bonds is 3. The summed E-state index contributed by atoms with van der Waals surface area (Å²) in [6.07, 6.45) is 10.9. The average molecular weight is 396 g/mol. The first-order valence-electron chi connectivity index (χ1n) is 10.8. The molecule has 0 radical (unpaired) electrons. The van der Waals surface area contributed by atoms with Crippen LogP contribution in [0.25, 0.3) is 16.7 Å². The van der Waals surface area contributed by atoms with Gasteiger partial charge in [0, 0.05) is 38.2 Å². The van der Waals surface area contributed by atoms with Crippen LogP contribution >= 0.6 is 0 Å². The van der Waals surface area contributed by atoms with Crippen LogP contribution in [0.3, 0.4) is 0 Å². The van der Waals surface area contributed by atoms with Crippen molar-refractivity contribution < 1.29 is 9.53 Å². The van der Waals surface area contributed by atoms with Crippen molar-refractivity contribution in [2.24, 2.45) is 11.8 Å². The van der Waals surface area contributed by atoms with E-state index in [4.69, 9.17) is 9.72 Å². The molecule has 154 valence electrons. The zero-order valence-corrected chi connectivity index (χ0v) is 17.2. The molecule has 4 heterocycles. The van der Waals surface area contributed by atoms with Gasteiger partial charge in [0.15, 0.2) is 5.65 Å². The number of methoxy groups -OCH3 is 1. The van der Waals surface area contributed by atoms with Crippen molar-refractivity contribution in [2.45, 2.75) is 51.0 Å². The largest absolute Gasteiger partial charge is 0.381 e. The van der Waals surface area contributed by atoms with Gasteiger partial charge in [-0.15, -0.1) is 0 Å². The van der Waals surface area contributed by atoms with E-state index in [1.165, 1.54) is 0 Å². The second-order valence-electron chi connectivity index (χ2n) is 8.72. The Hall–Kier alpha value is -2.41. The molecule has 0 spiro atoms. The molecule has 2 fully saturated rings. The van der Waals surface area contributed by atoms with E-state index in [2.05, 4.69) is 26.2 Å². The minimum absolute atomic E-state index is 0.0976. The summed E-state index contributed by atoms with van der Waals surface area (Å²) in [4.78, 5) is 27.8. The molecule has 1 N–H and O–H groups in total. The highest BCUT2D eigenvalue weighted by atomic mass is 16.5. The van der Waals surface area contributed by atoms with Crippen LogP contribution in [-0.2, 0) is 9.53 Å². The second kappa shape index (κ2) is 7.44. The Kier molecular flexibility index (Phi) is 4.78. The molecule has 7 heteroatoms. The minimum Gasteiger partial charge on any atom is -0.381 e. The summed E-state index contributed by atoms with van der Waals surface area (Å²) < 4.78 is 7.75. The number of carbonyl (C=O) groups excluding carboxylic acids is 1. The Labute approximate surface area is 170 Å². The maximum atomic E-state index is 13.3. The SMILES string of the molecule is CO[C@H]1CCC[C@@H](C(=O)N2CC[C@@H](C)[C@@H](c3ncc4cnc5[nH]ccc5n34)C2)C1. The van der Waals surface area contributed by atoms with E-state index in [0.29, 0.717) is 11.8 Å². The van der Waals surface area contributed by atoms with Crippen LogP contribution in [0.1, 0.15) is 50.8 Å². The summed E-state index contributed by atoms with van der Waals surface area (Å²) in [6.45, 7) is 3.86. The highest BCUT2D eigenvalue weighted by Crippen LogP contribution is 2.35. The number of nitrogens with one attached hydrogen (secondary N) is 1. The third kappa shape index (κ3) is 3.21. The first-order chi connectivity index (χ1) is 14.2. The van der Waals surface area contributed by atoms with Gasteiger partial charge in [0.25, 0.3) is 0 Å². The first kappa shape index (κ1) is 18.6. The molecular formula is C22H29N5O2. The summed E-state index contributed by atoms with van der Waals surface area (Å²) in [6, 6.07) is 2.05. The molecule has 7 nitrogen and oxygen atoms in total. The van der Waals surface area contributed by atoms with Crippen LogP contribution in [0.15, 0.2) is 24.7 Å². The monoisotopic (exact) mass is 395 g/mol. The molecule has 1 amide bonds. The lowest BCUT2D eigenvalue weighted by Gasteiger charge is -2.39. The molecule has 2 aliphatic rings. The van der Waals surface area contributed by atoms with Crippen molar-refractivity contribution in [3.8, 4) is 0 Å². The Morgan fingerprint density at radius 3 is 2.97 bits per heavy atom. The molecule has 5 rings (SSSR count). The van der Waals surface area contributed by atoms with Crippen LogP contribution in [0.5, 0.6) is 0 Å². The number of carbonyl (C=O) groups is 1. The van der Waals surface area contributed by atoms with Gasteiger partial charge in [-0.05, 0) is 37.7 Å². The quantitative estimate of drug-likeness (QED) is 0.738. The third-order valence-electron chi connectivity index (χ3n) is 7.00. The van der Waals surface area contributed by atoms with E-state index < -0.39 is 0 Å². The lowest BCUT2D eigenvalue weighted by atomic mass is 9.83. The van der Waals surface area contributed by atoms with Gasteiger partial charge in [-0.2, -0.15) is 0 Å². The number of piperidine rings is 1. The number of fused-ring (bicyclic) bond motifs is 3. The number of hydrogen-bond donors (Lipinski definition) is 1. The highest BCUT2D eigenvalue weighted by Gasteiger charge is 2.36. The number of aromatic amines is 1. The number of hydrogen-bond acceptors (Lipinski definition) is 4. The number of H-pyrrole nitrogens is 1. The van der Waals surface area contributed by atoms with Crippen LogP contribution in [0.2, 0.25) is 0 Å². The molecule has 29 heavy (non-hydrogen) atoms. The topological polar surface area (TPSA) is 75.5 Å². The number of nitrogens with zero attached hydrogens (tertiary/aromatic N) is 4. The van der Waals surface area contributed by atoms with E-state index in [1.54, 1.807) is 7.11 Å². The molecule has 1 aliphatic heterocycles. The minimum atomic E-state index is 0.0976. The van der Waals surface area contributed by atoms with E-state index in [-0.39, 0.29) is 17.9 Å². The molecule has 3 aromatic heterocycles. The fraction of sp³-hybridized carbons (Fsp3) is 0.591. The number of ether oxygens (including phenoxy) is 1. The highest BCUT2D eigenvalue weighted by molar-refractivity contribution is 5.79. The van der Waals surface area contributed by atoms with Gasteiger partial charge in [-0.1, -0.05) is 13.3 Å². The Morgan fingerprint density at radius 1 is 1.24 bits per heavy atom. The van der Waals surface area contributed by atoms with Crippen LogP contribution in [-0.4, -0.2) is 56.5 Å². The summed E-state index contributed by atoms with van der Waals surface area (Å²) in [5, 5.41) is 0. The predicted molar refractivity (Wildman–Crippen MR) is 111 cm³/mol. The lowest BCUT2D eigenvalue weighted by Crippen LogP contribution is -2.46. The van der Waals surface area contributed by atoms with E-state index in [0.717, 1.165) is 67.7 Å². The standard InChI is InChI=1S/C22H29N5O2/c1-14-7-9-26(22(28)15-4-3-5-17(10-15)29-2)13-18(14)21-25-12-16-11-24-20-19(27(16)21)6-8-23-20/h6,8,11-12,14-15,17-18,23H,3-5,7,9-10,13H2,1-2H3/t14-,15-,17+,18+/m1/s1. The molecule has 3 aromatic rings. The summed E-state index contributed by atoms with van der Waals surface area (Å²) in [5.74, 6) is 2.14. The average Bonchev–Trinajstić information content (AvgIpc) is 3.40. The van der Waals surface area contributed by atoms with Gasteiger partial charge < -0.3 is 14.6 Å². The van der Waals surface area contributed by atoms with Gasteiger partial charge in [-0.3, -0.25) is 9.20 Å². The van der Waals surface area contributed by atoms with E-state index in [9.17, 15) is 4.79 Å². The molecular weight excluding hydrogens is 366 g/mol. The van der Waals surface area contributed by atoms with E-state index in [1.807, 2.05) is 24.7 Å². The molecule has 1 saturated carbocycles. The Morgan fingerprint density at radius 2 is 2.10 bits per heavy atom. The first-order valence-corrected chi connectivity index (χ1v) is 10.8. The van der Waals surface area contributed by atoms with E-state index >= 15 is 0 Å². The number of imidazole rings is 1. The van der Waals surface area contributed by atoms with Gasteiger partial charge in [0.2, 0.25) is 5.91 Å². The van der Waals surface area contributed by atoms with Crippen LogP contribution in [0.4, 0.5) is 0 Å². The molecule has 0 bridgehead atoms. The molecule has 4 atom stereocenters. The van der Waals surface area contributed by atoms with Crippen molar-refractivity contribution in [3.63, 3.8) is 0 Å². The smallest absolute Gasteiger partial charge is 0.225 e. The number of aromatic nitrogens is 4. The summed E-state index contributed by atoms with van der Waals surface area (Å²) in [7, 11) is 1.76. The predicted octanol–water partition coefficient (Wildman–Crippen LogP) is 3.37. The number of amides is 1. The Balaban J connectivity index is 1.43. The fourth-order valence-electron chi connectivity index (χ4n) is 5.21. The van der Waals surface area contributed by atoms with Crippen molar-refractivity contribution in [1.29, 1.82) is 0 Å². The zero-order valence-electron chi connectivity index (χ0n) is 17.2. The second-order valence-corrected chi connectivity index (χ2v) is 8.72. The zero-order chi connectivity index (χ0) is 20.0. The Bertz CT molecular complexity index is 1020. The summed E-state index contributed by atoms with van der Waals surface area (Å²) >= 11 is 0. The van der Waals surface area contributed by atoms with Gasteiger partial charge in [-0.25, -0.2) is 9.97 Å². The molecule has 0 unspecified atom stereocenters. The van der Waals surface area contributed by atoms with Gasteiger partial charge >= 0.3 is 0 Å². The lowest BCUT2D eigenvalue weighted by molar-refractivity contribution is -0.140. The van der Waals surface area contributed by atoms with Crippen molar-refractivity contribution in [3.05, 3.63) is 30.5 Å².